The minimum absolute atomic E-state index is 0.0719. The maximum Gasteiger partial charge on any atom is 0.315 e. The highest BCUT2D eigenvalue weighted by atomic mass is 32.2. The second-order valence-electron chi connectivity index (χ2n) is 6.36. The quantitative estimate of drug-likeness (QED) is 0.338. The largest absolute Gasteiger partial charge is 0.466 e. The van der Waals surface area contributed by atoms with Gasteiger partial charge in [-0.3, -0.25) is 4.79 Å². The molecule has 0 radical (unpaired) electrons. The Kier molecular flexibility index (Phi) is 11.2. The molecule has 28 heavy (non-hydrogen) atoms. The molecule has 0 aliphatic carbocycles. The Balaban J connectivity index is 2.14. The fourth-order valence-electron chi connectivity index (χ4n) is 2.47. The molecule has 9 heteroatoms. The summed E-state index contributed by atoms with van der Waals surface area (Å²) in [5.74, 6) is -0.228. The first kappa shape index (κ1) is 23.9. The molecular weight excluding hydrogens is 382 g/mol. The second kappa shape index (κ2) is 13.1. The predicted molar refractivity (Wildman–Crippen MR) is 108 cm³/mol. The van der Waals surface area contributed by atoms with Gasteiger partial charge in [0.2, 0.25) is 10.0 Å². The van der Waals surface area contributed by atoms with Crippen molar-refractivity contribution in [1.29, 1.82) is 0 Å². The lowest BCUT2D eigenvalue weighted by Crippen LogP contribution is -2.35. The molecule has 0 saturated heterocycles. The number of esters is 1. The zero-order valence-corrected chi connectivity index (χ0v) is 17.4. The number of carbonyl (C=O) groups is 2. The third-order valence-corrected chi connectivity index (χ3v) is 5.38. The van der Waals surface area contributed by atoms with Crippen LogP contribution in [-0.2, 0) is 31.9 Å². The van der Waals surface area contributed by atoms with Crippen molar-refractivity contribution in [1.82, 2.24) is 15.4 Å². The number of amides is 2. The third kappa shape index (κ3) is 10.9. The fraction of sp³-hybridized carbons (Fsp3) is 0.579. The molecule has 0 saturated carbocycles. The van der Waals surface area contributed by atoms with E-state index in [0.717, 1.165) is 31.2 Å². The van der Waals surface area contributed by atoms with Gasteiger partial charge in [0.15, 0.2) is 0 Å². The summed E-state index contributed by atoms with van der Waals surface area (Å²) >= 11 is 0. The Labute approximate surface area is 167 Å². The summed E-state index contributed by atoms with van der Waals surface area (Å²) in [5, 5.41) is 5.56. The van der Waals surface area contributed by atoms with Crippen LogP contribution in [0.15, 0.2) is 24.3 Å². The van der Waals surface area contributed by atoms with E-state index < -0.39 is 10.0 Å². The zero-order chi connectivity index (χ0) is 20.8. The van der Waals surface area contributed by atoms with Crippen LogP contribution in [0, 0.1) is 0 Å². The Morgan fingerprint density at radius 1 is 0.964 bits per heavy atom. The van der Waals surface area contributed by atoms with Crippen LogP contribution < -0.4 is 15.4 Å². The summed E-state index contributed by atoms with van der Waals surface area (Å²) in [6.07, 6.45) is 3.97. The highest BCUT2D eigenvalue weighted by Crippen LogP contribution is 2.08. The maximum absolute atomic E-state index is 11.8. The average molecular weight is 414 g/mol. The molecule has 158 valence electrons. The number of ether oxygens (including phenoxy) is 1. The summed E-state index contributed by atoms with van der Waals surface area (Å²) in [6, 6.07) is 6.82. The van der Waals surface area contributed by atoms with E-state index >= 15 is 0 Å². The standard InChI is InChI=1S/C19H31N3O5S/c1-3-27-18(23)8-6-4-5-7-13-21-19(24)22-14-16-9-11-17(12-10-16)15-28(25,26)20-2/h9-12,20H,3-8,13-15H2,1-2H3,(H2,21,22,24). The predicted octanol–water partition coefficient (Wildman–Crippen LogP) is 2.05. The van der Waals surface area contributed by atoms with Crippen molar-refractivity contribution in [3.05, 3.63) is 35.4 Å². The summed E-state index contributed by atoms with van der Waals surface area (Å²) in [4.78, 5) is 23.0. The first-order valence-electron chi connectivity index (χ1n) is 9.52. The number of hydrogen-bond donors (Lipinski definition) is 3. The topological polar surface area (TPSA) is 114 Å². The van der Waals surface area contributed by atoms with Crippen molar-refractivity contribution < 1.29 is 22.7 Å². The van der Waals surface area contributed by atoms with Crippen LogP contribution in [-0.4, -0.2) is 40.6 Å². The molecular formula is C19H31N3O5S. The average Bonchev–Trinajstić information content (AvgIpc) is 2.66. The van der Waals surface area contributed by atoms with Gasteiger partial charge in [-0.2, -0.15) is 0 Å². The smallest absolute Gasteiger partial charge is 0.315 e. The number of rotatable bonds is 13. The van der Waals surface area contributed by atoms with Gasteiger partial charge in [-0.1, -0.05) is 37.1 Å². The van der Waals surface area contributed by atoms with Gasteiger partial charge in [-0.15, -0.1) is 0 Å². The molecule has 3 N–H and O–H groups in total. The lowest BCUT2D eigenvalue weighted by Gasteiger charge is -2.09. The normalized spacial score (nSPS) is 11.1. The van der Waals surface area contributed by atoms with Gasteiger partial charge in [0.1, 0.15) is 0 Å². The van der Waals surface area contributed by atoms with E-state index in [1.54, 1.807) is 31.2 Å². The molecule has 1 rings (SSSR count). The number of sulfonamides is 1. The van der Waals surface area contributed by atoms with Crippen LogP contribution in [0.5, 0.6) is 0 Å². The van der Waals surface area contributed by atoms with Crippen LogP contribution in [0.3, 0.4) is 0 Å². The lowest BCUT2D eigenvalue weighted by molar-refractivity contribution is -0.143. The third-order valence-electron chi connectivity index (χ3n) is 4.04. The number of urea groups is 1. The molecule has 0 unspecified atom stereocenters. The molecule has 0 aromatic heterocycles. The monoisotopic (exact) mass is 413 g/mol. The van der Waals surface area contributed by atoms with E-state index in [9.17, 15) is 18.0 Å². The first-order valence-corrected chi connectivity index (χ1v) is 11.2. The van der Waals surface area contributed by atoms with Gasteiger partial charge in [-0.05, 0) is 37.9 Å². The van der Waals surface area contributed by atoms with Crippen LogP contribution in [0.25, 0.3) is 0 Å². The lowest BCUT2D eigenvalue weighted by atomic mass is 10.1. The Morgan fingerprint density at radius 2 is 1.61 bits per heavy atom. The Morgan fingerprint density at radius 3 is 2.25 bits per heavy atom. The van der Waals surface area contributed by atoms with Gasteiger partial charge in [0.05, 0.1) is 12.4 Å². The summed E-state index contributed by atoms with van der Waals surface area (Å²) in [7, 11) is -1.91. The minimum atomic E-state index is -3.29. The summed E-state index contributed by atoms with van der Waals surface area (Å²) in [6.45, 7) is 3.15. The molecule has 8 nitrogen and oxygen atoms in total. The molecule has 2 amide bonds. The summed E-state index contributed by atoms with van der Waals surface area (Å²) < 4.78 is 30.2. The first-order chi connectivity index (χ1) is 13.4. The van der Waals surface area contributed by atoms with E-state index in [-0.39, 0.29) is 17.8 Å². The summed E-state index contributed by atoms with van der Waals surface area (Å²) in [5.41, 5.74) is 1.57. The Bertz CT molecular complexity index is 705. The van der Waals surface area contributed by atoms with E-state index in [0.29, 0.717) is 31.7 Å². The number of benzene rings is 1. The maximum atomic E-state index is 11.8. The van der Waals surface area contributed by atoms with Gasteiger partial charge in [0.25, 0.3) is 0 Å². The van der Waals surface area contributed by atoms with Gasteiger partial charge < -0.3 is 15.4 Å². The molecule has 0 bridgehead atoms. The van der Waals surface area contributed by atoms with E-state index in [1.807, 2.05) is 0 Å². The van der Waals surface area contributed by atoms with Crippen LogP contribution in [0.2, 0.25) is 0 Å². The van der Waals surface area contributed by atoms with Crippen molar-refractivity contribution in [2.24, 2.45) is 0 Å². The molecule has 0 atom stereocenters. The molecule has 0 aliphatic heterocycles. The molecule has 0 spiro atoms. The molecule has 0 fully saturated rings. The number of unbranched alkanes of at least 4 members (excludes halogenated alkanes) is 3. The fourth-order valence-corrected chi connectivity index (χ4v) is 3.25. The number of nitrogens with one attached hydrogen (secondary N) is 3. The van der Waals surface area contributed by atoms with Crippen molar-refractivity contribution in [2.75, 3.05) is 20.2 Å². The van der Waals surface area contributed by atoms with Crippen molar-refractivity contribution in [3.63, 3.8) is 0 Å². The minimum Gasteiger partial charge on any atom is -0.466 e. The van der Waals surface area contributed by atoms with E-state index in [2.05, 4.69) is 15.4 Å². The van der Waals surface area contributed by atoms with Crippen molar-refractivity contribution in [2.45, 2.75) is 51.3 Å². The molecule has 0 heterocycles. The highest BCUT2D eigenvalue weighted by molar-refractivity contribution is 7.88. The van der Waals surface area contributed by atoms with Crippen LogP contribution >= 0.6 is 0 Å². The molecule has 0 aliphatic rings. The van der Waals surface area contributed by atoms with Gasteiger partial charge in [0, 0.05) is 19.5 Å². The van der Waals surface area contributed by atoms with Crippen molar-refractivity contribution in [3.8, 4) is 0 Å². The second-order valence-corrected chi connectivity index (χ2v) is 8.28. The van der Waals surface area contributed by atoms with E-state index in [4.69, 9.17) is 4.74 Å². The SMILES string of the molecule is CCOC(=O)CCCCCCNC(=O)NCc1ccc(CS(=O)(=O)NC)cc1. The van der Waals surface area contributed by atoms with Gasteiger partial charge in [-0.25, -0.2) is 17.9 Å². The molecule has 1 aromatic carbocycles. The van der Waals surface area contributed by atoms with Crippen molar-refractivity contribution >= 4 is 22.0 Å². The van der Waals surface area contributed by atoms with Crippen LogP contribution in [0.4, 0.5) is 4.79 Å². The van der Waals surface area contributed by atoms with E-state index in [1.165, 1.54) is 7.05 Å². The van der Waals surface area contributed by atoms with Gasteiger partial charge >= 0.3 is 12.0 Å². The Hall–Kier alpha value is -2.13. The number of hydrogen-bond acceptors (Lipinski definition) is 5. The zero-order valence-electron chi connectivity index (χ0n) is 16.6. The highest BCUT2D eigenvalue weighted by Gasteiger charge is 2.08. The van der Waals surface area contributed by atoms with Crippen LogP contribution in [0.1, 0.15) is 50.2 Å². The molecule has 1 aromatic rings. The number of carbonyl (C=O) groups excluding carboxylic acids is 2.